The van der Waals surface area contributed by atoms with E-state index in [2.05, 4.69) is 4.99 Å². The number of hydrogen-bond acceptors (Lipinski definition) is 6. The predicted molar refractivity (Wildman–Crippen MR) is 121 cm³/mol. The molecule has 2 saturated heterocycles. The number of carbonyl (C=O) groups excluding carboxylic acids is 1. The minimum Gasteiger partial charge on any atom is -0.493 e. The van der Waals surface area contributed by atoms with E-state index in [-0.39, 0.29) is 35.1 Å². The molecule has 0 radical (unpaired) electrons. The second-order valence-electron chi connectivity index (χ2n) is 7.57. The summed E-state index contributed by atoms with van der Waals surface area (Å²) in [5.74, 6) is 1.09. The standard InChI is InChI=1S/C22H24N2O5S2/c1-28-18-9-8-16(10-19(18)29-2)11-21(25)23-22-24(12-15-6-4-3-5-7-15)17-13-31(26,27)14-20(17)30-22/h3-10,17,20H,11-14H2,1-2H3. The van der Waals surface area contributed by atoms with E-state index in [1.165, 1.54) is 11.8 Å². The molecule has 0 saturated carbocycles. The lowest BCUT2D eigenvalue weighted by Gasteiger charge is -2.24. The number of fused-ring (bicyclic) bond motifs is 1. The van der Waals surface area contributed by atoms with Gasteiger partial charge in [0.1, 0.15) is 0 Å². The molecule has 7 nitrogen and oxygen atoms in total. The first-order chi connectivity index (χ1) is 14.9. The van der Waals surface area contributed by atoms with Crippen LogP contribution in [-0.2, 0) is 27.6 Å². The van der Waals surface area contributed by atoms with Crippen LogP contribution in [0.5, 0.6) is 11.5 Å². The summed E-state index contributed by atoms with van der Waals surface area (Å²) in [5, 5.41) is 0.501. The highest BCUT2D eigenvalue weighted by Crippen LogP contribution is 2.39. The van der Waals surface area contributed by atoms with Gasteiger partial charge < -0.3 is 14.4 Å². The van der Waals surface area contributed by atoms with Crippen LogP contribution in [0.4, 0.5) is 0 Å². The summed E-state index contributed by atoms with van der Waals surface area (Å²) in [5.41, 5.74) is 1.82. The van der Waals surface area contributed by atoms with Gasteiger partial charge in [-0.1, -0.05) is 48.2 Å². The molecule has 4 rings (SSSR count). The van der Waals surface area contributed by atoms with E-state index in [1.807, 2.05) is 41.3 Å². The van der Waals surface area contributed by atoms with Crippen molar-refractivity contribution in [2.45, 2.75) is 24.3 Å². The van der Waals surface area contributed by atoms with Crippen LogP contribution in [0.3, 0.4) is 0 Å². The Kier molecular flexibility index (Phi) is 6.24. The molecule has 2 aromatic rings. The Morgan fingerprint density at radius 1 is 1.06 bits per heavy atom. The summed E-state index contributed by atoms with van der Waals surface area (Å²) in [6.45, 7) is 0.521. The number of nitrogens with zero attached hydrogens (tertiary/aromatic N) is 2. The summed E-state index contributed by atoms with van der Waals surface area (Å²) < 4.78 is 34.9. The van der Waals surface area contributed by atoms with Crippen LogP contribution in [0.2, 0.25) is 0 Å². The fourth-order valence-electron chi connectivity index (χ4n) is 3.91. The van der Waals surface area contributed by atoms with E-state index in [1.54, 1.807) is 26.4 Å². The molecule has 0 bridgehead atoms. The number of hydrogen-bond donors (Lipinski definition) is 0. The summed E-state index contributed by atoms with van der Waals surface area (Å²) in [6.07, 6.45) is 0.122. The second kappa shape index (κ2) is 8.92. The summed E-state index contributed by atoms with van der Waals surface area (Å²) in [4.78, 5) is 19.1. The highest BCUT2D eigenvalue weighted by molar-refractivity contribution is 8.15. The van der Waals surface area contributed by atoms with Crippen molar-refractivity contribution >= 4 is 32.7 Å². The number of amides is 1. The van der Waals surface area contributed by atoms with Gasteiger partial charge in [0.25, 0.3) is 5.91 Å². The molecule has 0 N–H and O–H groups in total. The van der Waals surface area contributed by atoms with Crippen molar-refractivity contribution in [3.63, 3.8) is 0 Å². The van der Waals surface area contributed by atoms with E-state index in [0.717, 1.165) is 11.1 Å². The number of aliphatic imine (C=N–C) groups is 1. The zero-order valence-electron chi connectivity index (χ0n) is 17.4. The number of benzene rings is 2. The lowest BCUT2D eigenvalue weighted by atomic mass is 10.1. The average molecular weight is 461 g/mol. The summed E-state index contributed by atoms with van der Waals surface area (Å²) in [7, 11) is 0.0349. The molecular weight excluding hydrogens is 436 g/mol. The molecule has 2 heterocycles. The number of methoxy groups -OCH3 is 2. The van der Waals surface area contributed by atoms with Crippen LogP contribution in [0.1, 0.15) is 11.1 Å². The number of ether oxygens (including phenoxy) is 2. The minimum atomic E-state index is -3.07. The zero-order chi connectivity index (χ0) is 22.0. The molecule has 2 aliphatic heterocycles. The highest BCUT2D eigenvalue weighted by Gasteiger charge is 2.48. The molecule has 1 amide bonds. The van der Waals surface area contributed by atoms with E-state index >= 15 is 0 Å². The van der Waals surface area contributed by atoms with Crippen molar-refractivity contribution in [3.05, 3.63) is 59.7 Å². The number of sulfone groups is 1. The maximum atomic E-state index is 12.7. The van der Waals surface area contributed by atoms with E-state index < -0.39 is 9.84 Å². The molecular formula is C22H24N2O5S2. The second-order valence-corrected chi connectivity index (χ2v) is 10.9. The first-order valence-electron chi connectivity index (χ1n) is 9.88. The Bertz CT molecular complexity index is 1100. The zero-order valence-corrected chi connectivity index (χ0v) is 19.0. The SMILES string of the molecule is COc1ccc(CC(=O)N=C2SC3CS(=O)(=O)CC3N2Cc2ccccc2)cc1OC. The van der Waals surface area contributed by atoms with Crippen molar-refractivity contribution < 1.29 is 22.7 Å². The van der Waals surface area contributed by atoms with Gasteiger partial charge >= 0.3 is 0 Å². The molecule has 2 fully saturated rings. The van der Waals surface area contributed by atoms with Crippen LogP contribution < -0.4 is 9.47 Å². The Labute approximate surface area is 186 Å². The van der Waals surface area contributed by atoms with Crippen molar-refractivity contribution in [1.29, 1.82) is 0 Å². The monoisotopic (exact) mass is 460 g/mol. The topological polar surface area (TPSA) is 85.3 Å². The van der Waals surface area contributed by atoms with E-state index in [0.29, 0.717) is 23.2 Å². The molecule has 31 heavy (non-hydrogen) atoms. The van der Waals surface area contributed by atoms with Gasteiger partial charge in [-0.05, 0) is 23.3 Å². The number of rotatable bonds is 6. The van der Waals surface area contributed by atoms with Crippen LogP contribution in [-0.4, -0.2) is 61.4 Å². The molecule has 2 aliphatic rings. The van der Waals surface area contributed by atoms with Crippen molar-refractivity contribution in [2.75, 3.05) is 25.7 Å². The number of carbonyl (C=O) groups is 1. The Balaban J connectivity index is 1.55. The number of thioether (sulfide) groups is 1. The van der Waals surface area contributed by atoms with Gasteiger partial charge in [0.2, 0.25) is 0 Å². The minimum absolute atomic E-state index is 0.0960. The molecule has 2 unspecified atom stereocenters. The quantitative estimate of drug-likeness (QED) is 0.655. The van der Waals surface area contributed by atoms with Gasteiger partial charge in [0.05, 0.1) is 38.2 Å². The van der Waals surface area contributed by atoms with E-state index in [9.17, 15) is 13.2 Å². The van der Waals surface area contributed by atoms with Gasteiger partial charge in [0, 0.05) is 11.8 Å². The van der Waals surface area contributed by atoms with Gasteiger partial charge in [-0.15, -0.1) is 0 Å². The molecule has 0 aliphatic carbocycles. The average Bonchev–Trinajstić information content (AvgIpc) is 3.20. The maximum absolute atomic E-state index is 12.7. The third-order valence-electron chi connectivity index (χ3n) is 5.39. The van der Waals surface area contributed by atoms with Gasteiger partial charge in [-0.25, -0.2) is 8.42 Å². The lowest BCUT2D eigenvalue weighted by molar-refractivity contribution is -0.117. The van der Waals surface area contributed by atoms with Crippen LogP contribution in [0.25, 0.3) is 0 Å². The first-order valence-corrected chi connectivity index (χ1v) is 12.6. The van der Waals surface area contributed by atoms with E-state index in [4.69, 9.17) is 9.47 Å². The molecule has 0 aromatic heterocycles. The Morgan fingerprint density at radius 3 is 2.52 bits per heavy atom. The molecule has 164 valence electrons. The Hall–Kier alpha value is -2.52. The van der Waals surface area contributed by atoms with Crippen LogP contribution >= 0.6 is 11.8 Å². The molecule has 9 heteroatoms. The van der Waals surface area contributed by atoms with Crippen molar-refractivity contribution in [2.24, 2.45) is 4.99 Å². The molecule has 2 atom stereocenters. The highest BCUT2D eigenvalue weighted by atomic mass is 32.2. The third kappa shape index (κ3) is 4.88. The van der Waals surface area contributed by atoms with Crippen molar-refractivity contribution in [3.8, 4) is 11.5 Å². The van der Waals surface area contributed by atoms with Crippen molar-refractivity contribution in [1.82, 2.24) is 4.90 Å². The van der Waals surface area contributed by atoms with Crippen LogP contribution in [0.15, 0.2) is 53.5 Å². The summed E-state index contributed by atoms with van der Waals surface area (Å²) in [6, 6.07) is 15.0. The normalized spacial score (nSPS) is 23.0. The largest absolute Gasteiger partial charge is 0.493 e. The fraction of sp³-hybridized carbons (Fsp3) is 0.364. The van der Waals surface area contributed by atoms with Crippen LogP contribution in [0, 0.1) is 0 Å². The molecule has 0 spiro atoms. The number of amidine groups is 1. The maximum Gasteiger partial charge on any atom is 0.252 e. The molecule has 2 aromatic carbocycles. The third-order valence-corrected chi connectivity index (χ3v) is 8.64. The van der Waals surface area contributed by atoms with Gasteiger partial charge in [0.15, 0.2) is 26.5 Å². The van der Waals surface area contributed by atoms with Gasteiger partial charge in [-0.3, -0.25) is 4.79 Å². The first kappa shape index (κ1) is 21.7. The predicted octanol–water partition coefficient (Wildman–Crippen LogP) is 2.54. The summed E-state index contributed by atoms with van der Waals surface area (Å²) >= 11 is 1.39. The van der Waals surface area contributed by atoms with Gasteiger partial charge in [-0.2, -0.15) is 4.99 Å². The smallest absolute Gasteiger partial charge is 0.252 e. The Morgan fingerprint density at radius 2 is 1.81 bits per heavy atom. The fourth-order valence-corrected chi connectivity index (χ4v) is 7.88. The lowest BCUT2D eigenvalue weighted by Crippen LogP contribution is -2.37.